The van der Waals surface area contributed by atoms with Crippen LogP contribution in [0.4, 0.5) is 19.0 Å². The zero-order valence-corrected chi connectivity index (χ0v) is 18.9. The highest BCUT2D eigenvalue weighted by Crippen LogP contribution is 2.31. The number of alkyl halides is 3. The van der Waals surface area contributed by atoms with Crippen LogP contribution in [0.25, 0.3) is 0 Å². The lowest BCUT2D eigenvalue weighted by atomic mass is 10.0. The molecule has 1 aromatic heterocycles. The zero-order valence-electron chi connectivity index (χ0n) is 18.9. The Hall–Kier alpha value is -3.88. The van der Waals surface area contributed by atoms with E-state index in [2.05, 4.69) is 15.0 Å². The lowest BCUT2D eigenvalue weighted by Gasteiger charge is -2.12. The number of benzene rings is 2. The monoisotopic (exact) mass is 484 g/mol. The maximum absolute atomic E-state index is 12.5. The lowest BCUT2D eigenvalue weighted by Crippen LogP contribution is -2.17. The van der Waals surface area contributed by atoms with Gasteiger partial charge in [-0.15, -0.1) is 13.2 Å². The van der Waals surface area contributed by atoms with Crippen molar-refractivity contribution < 1.29 is 32.2 Å². The van der Waals surface area contributed by atoms with Gasteiger partial charge in [0.25, 0.3) is 0 Å². The van der Waals surface area contributed by atoms with Crippen LogP contribution in [0.3, 0.4) is 0 Å². The minimum absolute atomic E-state index is 0.0152. The van der Waals surface area contributed by atoms with E-state index in [4.69, 9.17) is 4.74 Å². The Labute approximate surface area is 200 Å². The summed E-state index contributed by atoms with van der Waals surface area (Å²) in [7, 11) is 0. The Morgan fingerprint density at radius 1 is 1.00 bits per heavy atom. The molecule has 1 aliphatic rings. The number of anilines is 1. The molecule has 3 aromatic rings. The topological polar surface area (TPSA) is 77.5 Å². The van der Waals surface area contributed by atoms with E-state index >= 15 is 0 Å². The number of pyridine rings is 1. The Kier molecular flexibility index (Phi) is 7.04. The van der Waals surface area contributed by atoms with Crippen molar-refractivity contribution >= 4 is 17.5 Å². The highest BCUT2D eigenvalue weighted by atomic mass is 19.4. The molecule has 0 unspecified atom stereocenters. The molecule has 0 radical (unpaired) electrons. The number of ketones is 1. The SMILES string of the molecule is Cc1cc(CC(=O)Cc2cccc(OC(F)(F)F)c2)ccc1Oc1ccnc(NC(=O)C2CC2)c1. The molecular weight excluding hydrogens is 461 g/mol. The normalized spacial score (nSPS) is 13.3. The van der Waals surface area contributed by atoms with Gasteiger partial charge in [-0.3, -0.25) is 9.59 Å². The highest BCUT2D eigenvalue weighted by molar-refractivity contribution is 5.93. The Morgan fingerprint density at radius 3 is 2.43 bits per heavy atom. The van der Waals surface area contributed by atoms with Crippen molar-refractivity contribution in [1.82, 2.24) is 4.98 Å². The van der Waals surface area contributed by atoms with Gasteiger partial charge in [0.05, 0.1) is 0 Å². The molecule has 4 rings (SSSR count). The minimum Gasteiger partial charge on any atom is -0.457 e. The number of nitrogens with zero attached hydrogens (tertiary/aromatic N) is 1. The second-order valence-electron chi connectivity index (χ2n) is 8.43. The first kappa shape index (κ1) is 24.3. The predicted octanol–water partition coefficient (Wildman–Crippen LogP) is 5.78. The van der Waals surface area contributed by atoms with Crippen molar-refractivity contribution in [2.24, 2.45) is 5.92 Å². The van der Waals surface area contributed by atoms with Gasteiger partial charge < -0.3 is 14.8 Å². The third-order valence-corrected chi connectivity index (χ3v) is 5.33. The van der Waals surface area contributed by atoms with Gasteiger partial charge in [-0.05, 0) is 60.7 Å². The number of ether oxygens (including phenoxy) is 2. The molecule has 2 aromatic carbocycles. The number of carbonyl (C=O) groups excluding carboxylic acids is 2. The summed E-state index contributed by atoms with van der Waals surface area (Å²) in [6.07, 6.45) is -1.33. The first-order valence-corrected chi connectivity index (χ1v) is 11.1. The fraction of sp³-hybridized carbons (Fsp3) is 0.269. The molecule has 35 heavy (non-hydrogen) atoms. The maximum atomic E-state index is 12.5. The van der Waals surface area contributed by atoms with Crippen LogP contribution in [0.2, 0.25) is 0 Å². The smallest absolute Gasteiger partial charge is 0.457 e. The van der Waals surface area contributed by atoms with Crippen LogP contribution >= 0.6 is 0 Å². The number of aryl methyl sites for hydroxylation is 1. The standard InChI is InChI=1S/C26H23F3N2O4/c1-16-11-18(13-20(32)12-17-3-2-4-22(14-17)35-26(27,28)29)5-8-23(16)34-21-9-10-30-24(15-21)31-25(33)19-6-7-19/h2-5,8-11,14-15,19H,6-7,12-13H2,1H3,(H,30,31,33). The largest absolute Gasteiger partial charge is 0.573 e. The summed E-state index contributed by atoms with van der Waals surface area (Å²) in [4.78, 5) is 28.6. The Bertz CT molecular complexity index is 1240. The van der Waals surface area contributed by atoms with Gasteiger partial charge in [0, 0.05) is 31.0 Å². The van der Waals surface area contributed by atoms with Crippen LogP contribution in [0, 0.1) is 12.8 Å². The number of carbonyl (C=O) groups is 2. The molecule has 1 amide bonds. The average molecular weight is 484 g/mol. The molecular formula is C26H23F3N2O4. The average Bonchev–Trinajstić information content (AvgIpc) is 3.60. The number of aromatic nitrogens is 1. The first-order chi connectivity index (χ1) is 16.6. The van der Waals surface area contributed by atoms with E-state index in [9.17, 15) is 22.8 Å². The molecule has 0 spiro atoms. The molecule has 0 saturated heterocycles. The minimum atomic E-state index is -4.79. The molecule has 182 valence electrons. The van der Waals surface area contributed by atoms with Crippen molar-refractivity contribution in [3.8, 4) is 17.2 Å². The van der Waals surface area contributed by atoms with Gasteiger partial charge in [0.1, 0.15) is 28.8 Å². The van der Waals surface area contributed by atoms with E-state index in [0.717, 1.165) is 24.0 Å². The van der Waals surface area contributed by atoms with E-state index in [0.29, 0.717) is 22.9 Å². The van der Waals surface area contributed by atoms with E-state index < -0.39 is 6.36 Å². The van der Waals surface area contributed by atoms with Crippen molar-refractivity contribution in [3.63, 3.8) is 0 Å². The van der Waals surface area contributed by atoms with Crippen molar-refractivity contribution in [3.05, 3.63) is 77.5 Å². The number of halogens is 3. The fourth-order valence-electron chi connectivity index (χ4n) is 3.55. The number of hydrogen-bond acceptors (Lipinski definition) is 5. The molecule has 1 N–H and O–H groups in total. The van der Waals surface area contributed by atoms with E-state index in [1.807, 2.05) is 13.0 Å². The summed E-state index contributed by atoms with van der Waals surface area (Å²) >= 11 is 0. The fourth-order valence-corrected chi connectivity index (χ4v) is 3.55. The van der Waals surface area contributed by atoms with Crippen molar-refractivity contribution in [2.45, 2.75) is 39.0 Å². The quantitative estimate of drug-likeness (QED) is 0.416. The third kappa shape index (κ3) is 7.30. The molecule has 0 aliphatic heterocycles. The Morgan fingerprint density at radius 2 is 1.74 bits per heavy atom. The van der Waals surface area contributed by atoms with Crippen LogP contribution in [-0.4, -0.2) is 23.0 Å². The van der Waals surface area contributed by atoms with E-state index in [1.54, 1.807) is 36.5 Å². The van der Waals surface area contributed by atoms with Gasteiger partial charge in [-0.1, -0.05) is 24.3 Å². The number of rotatable bonds is 9. The molecule has 9 heteroatoms. The molecule has 0 atom stereocenters. The van der Waals surface area contributed by atoms with Gasteiger partial charge in [0.15, 0.2) is 0 Å². The predicted molar refractivity (Wildman–Crippen MR) is 122 cm³/mol. The molecule has 1 fully saturated rings. The van der Waals surface area contributed by atoms with E-state index in [1.165, 1.54) is 18.2 Å². The number of nitrogens with one attached hydrogen (secondary N) is 1. The van der Waals surface area contributed by atoms with Crippen LogP contribution in [-0.2, 0) is 22.4 Å². The molecule has 6 nitrogen and oxygen atoms in total. The first-order valence-electron chi connectivity index (χ1n) is 11.1. The molecule has 1 heterocycles. The summed E-state index contributed by atoms with van der Waals surface area (Å²) in [6.45, 7) is 1.85. The third-order valence-electron chi connectivity index (χ3n) is 5.33. The number of hydrogen-bond donors (Lipinski definition) is 1. The Balaban J connectivity index is 1.36. The van der Waals surface area contributed by atoms with Gasteiger partial charge >= 0.3 is 6.36 Å². The van der Waals surface area contributed by atoms with E-state index in [-0.39, 0.29) is 36.2 Å². The number of amides is 1. The van der Waals surface area contributed by atoms with Gasteiger partial charge in [0.2, 0.25) is 5.91 Å². The van der Waals surface area contributed by atoms with Crippen molar-refractivity contribution in [1.29, 1.82) is 0 Å². The van der Waals surface area contributed by atoms with Crippen LogP contribution in [0.15, 0.2) is 60.8 Å². The second-order valence-corrected chi connectivity index (χ2v) is 8.43. The van der Waals surface area contributed by atoms with Gasteiger partial charge in [-0.2, -0.15) is 0 Å². The second kappa shape index (κ2) is 10.2. The maximum Gasteiger partial charge on any atom is 0.573 e. The summed E-state index contributed by atoms with van der Waals surface area (Å²) in [5.74, 6) is 1.04. The summed E-state index contributed by atoms with van der Waals surface area (Å²) < 4.78 is 47.1. The zero-order chi connectivity index (χ0) is 25.0. The summed E-state index contributed by atoms with van der Waals surface area (Å²) in [5, 5.41) is 2.78. The van der Waals surface area contributed by atoms with Crippen LogP contribution in [0.1, 0.15) is 29.5 Å². The molecule has 0 bridgehead atoms. The van der Waals surface area contributed by atoms with Gasteiger partial charge in [-0.25, -0.2) is 4.98 Å². The summed E-state index contributed by atoms with van der Waals surface area (Å²) in [5.41, 5.74) is 2.00. The highest BCUT2D eigenvalue weighted by Gasteiger charge is 2.31. The van der Waals surface area contributed by atoms with Crippen molar-refractivity contribution in [2.75, 3.05) is 5.32 Å². The number of Topliss-reactive ketones (excluding diaryl/α,β-unsaturated/α-hetero) is 1. The van der Waals surface area contributed by atoms with Crippen LogP contribution in [0.5, 0.6) is 17.2 Å². The lowest BCUT2D eigenvalue weighted by molar-refractivity contribution is -0.274. The molecule has 1 saturated carbocycles. The summed E-state index contributed by atoms with van der Waals surface area (Å²) in [6, 6.07) is 14.1. The molecule has 1 aliphatic carbocycles. The van der Waals surface area contributed by atoms with Crippen LogP contribution < -0.4 is 14.8 Å².